The lowest BCUT2D eigenvalue weighted by atomic mass is 10.2. The van der Waals surface area contributed by atoms with E-state index >= 15 is 0 Å². The molecule has 2 saturated heterocycles. The monoisotopic (exact) mass is 292 g/mol. The number of hydrogen-bond donors (Lipinski definition) is 1. The standard InChI is InChI=1S/C14H20N4O3/c15-11-1-2-13(16-9-11)17-3-5-18(6-4-17)14(19)12-10-20-7-8-21-12/h1-2,9,12H,3-8,10,15H2. The Balaban J connectivity index is 1.54. The molecule has 0 aliphatic carbocycles. The van der Waals surface area contributed by atoms with Gasteiger partial charge in [0.1, 0.15) is 5.82 Å². The molecule has 2 aliphatic rings. The van der Waals surface area contributed by atoms with Gasteiger partial charge >= 0.3 is 0 Å². The highest BCUT2D eigenvalue weighted by molar-refractivity contribution is 5.81. The quantitative estimate of drug-likeness (QED) is 0.808. The molecule has 1 amide bonds. The fourth-order valence-electron chi connectivity index (χ4n) is 2.57. The third-order valence-electron chi connectivity index (χ3n) is 3.78. The smallest absolute Gasteiger partial charge is 0.254 e. The van der Waals surface area contributed by atoms with Crippen LogP contribution in [0.3, 0.4) is 0 Å². The van der Waals surface area contributed by atoms with Gasteiger partial charge < -0.3 is 25.0 Å². The molecular formula is C14H20N4O3. The van der Waals surface area contributed by atoms with Crippen molar-refractivity contribution in [2.75, 3.05) is 56.6 Å². The first kappa shape index (κ1) is 14.1. The Labute approximate surface area is 123 Å². The van der Waals surface area contributed by atoms with Crippen LogP contribution in [0.1, 0.15) is 0 Å². The lowest BCUT2D eigenvalue weighted by Crippen LogP contribution is -2.53. The van der Waals surface area contributed by atoms with E-state index in [1.165, 1.54) is 0 Å². The van der Waals surface area contributed by atoms with Crippen LogP contribution in [0.15, 0.2) is 18.3 Å². The Hall–Kier alpha value is -1.86. The van der Waals surface area contributed by atoms with Crippen molar-refractivity contribution in [3.05, 3.63) is 18.3 Å². The first-order chi connectivity index (χ1) is 10.2. The normalized spacial score (nSPS) is 23.1. The predicted molar refractivity (Wildman–Crippen MR) is 78.0 cm³/mol. The van der Waals surface area contributed by atoms with Gasteiger partial charge in [-0.15, -0.1) is 0 Å². The highest BCUT2D eigenvalue weighted by atomic mass is 16.6. The lowest BCUT2D eigenvalue weighted by Gasteiger charge is -2.37. The van der Waals surface area contributed by atoms with Crippen LogP contribution in [0.2, 0.25) is 0 Å². The summed E-state index contributed by atoms with van der Waals surface area (Å²) in [6, 6.07) is 3.75. The number of piperazine rings is 1. The second kappa shape index (κ2) is 6.28. The van der Waals surface area contributed by atoms with Crippen molar-refractivity contribution >= 4 is 17.4 Å². The molecule has 1 aromatic heterocycles. The van der Waals surface area contributed by atoms with Gasteiger partial charge in [-0.05, 0) is 12.1 Å². The summed E-state index contributed by atoms with van der Waals surface area (Å²) in [5, 5.41) is 0. The summed E-state index contributed by atoms with van der Waals surface area (Å²) in [7, 11) is 0. The summed E-state index contributed by atoms with van der Waals surface area (Å²) in [6.45, 7) is 4.28. The second-order valence-electron chi connectivity index (χ2n) is 5.20. The van der Waals surface area contributed by atoms with Crippen LogP contribution >= 0.6 is 0 Å². The maximum atomic E-state index is 12.3. The van der Waals surface area contributed by atoms with Crippen molar-refractivity contribution in [3.8, 4) is 0 Å². The summed E-state index contributed by atoms with van der Waals surface area (Å²) >= 11 is 0. The number of nitrogen functional groups attached to an aromatic ring is 1. The first-order valence-corrected chi connectivity index (χ1v) is 7.18. The van der Waals surface area contributed by atoms with E-state index in [9.17, 15) is 4.79 Å². The molecule has 0 bridgehead atoms. The number of nitrogens with two attached hydrogens (primary N) is 1. The van der Waals surface area contributed by atoms with Crippen LogP contribution in [0.4, 0.5) is 11.5 Å². The number of aromatic nitrogens is 1. The number of nitrogens with zero attached hydrogens (tertiary/aromatic N) is 3. The number of pyridine rings is 1. The molecule has 0 spiro atoms. The van der Waals surface area contributed by atoms with Crippen molar-refractivity contribution in [3.63, 3.8) is 0 Å². The van der Waals surface area contributed by atoms with E-state index in [-0.39, 0.29) is 5.91 Å². The van der Waals surface area contributed by atoms with Crippen LogP contribution in [0.25, 0.3) is 0 Å². The Morgan fingerprint density at radius 2 is 2.05 bits per heavy atom. The van der Waals surface area contributed by atoms with Crippen LogP contribution in [0.5, 0.6) is 0 Å². The molecule has 114 valence electrons. The molecule has 7 heteroatoms. The molecule has 0 aromatic carbocycles. The van der Waals surface area contributed by atoms with Crippen LogP contribution in [-0.2, 0) is 14.3 Å². The van der Waals surface area contributed by atoms with E-state index in [0.29, 0.717) is 38.6 Å². The molecule has 7 nitrogen and oxygen atoms in total. The molecule has 2 aliphatic heterocycles. The van der Waals surface area contributed by atoms with Crippen LogP contribution < -0.4 is 10.6 Å². The van der Waals surface area contributed by atoms with Crippen molar-refractivity contribution in [2.24, 2.45) is 0 Å². The number of carbonyl (C=O) groups excluding carboxylic acids is 1. The van der Waals surface area contributed by atoms with E-state index in [1.54, 1.807) is 6.20 Å². The van der Waals surface area contributed by atoms with Gasteiger partial charge in [0.2, 0.25) is 0 Å². The highest BCUT2D eigenvalue weighted by Crippen LogP contribution is 2.16. The SMILES string of the molecule is Nc1ccc(N2CCN(C(=O)C3COCCO3)CC2)nc1. The molecule has 2 fully saturated rings. The zero-order chi connectivity index (χ0) is 14.7. The first-order valence-electron chi connectivity index (χ1n) is 7.18. The minimum atomic E-state index is -0.444. The maximum Gasteiger partial charge on any atom is 0.254 e. The molecular weight excluding hydrogens is 272 g/mol. The summed E-state index contributed by atoms with van der Waals surface area (Å²) < 4.78 is 10.8. The predicted octanol–water partition coefficient (Wildman–Crippen LogP) is -0.272. The number of anilines is 2. The van der Waals surface area contributed by atoms with Crippen molar-refractivity contribution < 1.29 is 14.3 Å². The van der Waals surface area contributed by atoms with Gasteiger partial charge in [0.15, 0.2) is 6.10 Å². The zero-order valence-corrected chi connectivity index (χ0v) is 11.9. The van der Waals surface area contributed by atoms with Crippen molar-refractivity contribution in [2.45, 2.75) is 6.10 Å². The Bertz CT molecular complexity index is 479. The minimum absolute atomic E-state index is 0.0274. The summed E-state index contributed by atoms with van der Waals surface area (Å²) in [6.07, 6.45) is 1.21. The number of ether oxygens (including phenoxy) is 2. The molecule has 0 radical (unpaired) electrons. The topological polar surface area (TPSA) is 80.9 Å². The number of hydrogen-bond acceptors (Lipinski definition) is 6. The van der Waals surface area contributed by atoms with E-state index in [0.717, 1.165) is 18.9 Å². The van der Waals surface area contributed by atoms with Gasteiger partial charge in [-0.3, -0.25) is 4.79 Å². The molecule has 1 unspecified atom stereocenters. The van der Waals surface area contributed by atoms with Crippen LogP contribution in [0, 0.1) is 0 Å². The molecule has 3 rings (SSSR count). The number of amides is 1. The fraction of sp³-hybridized carbons (Fsp3) is 0.571. The van der Waals surface area contributed by atoms with Crippen molar-refractivity contribution in [1.29, 1.82) is 0 Å². The van der Waals surface area contributed by atoms with Gasteiger partial charge in [-0.25, -0.2) is 4.98 Å². The third kappa shape index (κ3) is 3.25. The molecule has 0 saturated carbocycles. The zero-order valence-electron chi connectivity index (χ0n) is 11.9. The van der Waals surface area contributed by atoms with E-state index in [2.05, 4.69) is 9.88 Å². The van der Waals surface area contributed by atoms with Crippen LogP contribution in [-0.4, -0.2) is 67.9 Å². The van der Waals surface area contributed by atoms with Gasteiger partial charge in [0, 0.05) is 26.2 Å². The third-order valence-corrected chi connectivity index (χ3v) is 3.78. The molecule has 1 atom stereocenters. The maximum absolute atomic E-state index is 12.3. The molecule has 1 aromatic rings. The molecule has 21 heavy (non-hydrogen) atoms. The molecule has 2 N–H and O–H groups in total. The van der Waals surface area contributed by atoms with Crippen molar-refractivity contribution in [1.82, 2.24) is 9.88 Å². The average molecular weight is 292 g/mol. The molecule has 3 heterocycles. The average Bonchev–Trinajstić information content (AvgIpc) is 2.56. The van der Waals surface area contributed by atoms with Gasteiger partial charge in [0.05, 0.1) is 31.7 Å². The van der Waals surface area contributed by atoms with Gasteiger partial charge in [-0.1, -0.05) is 0 Å². The highest BCUT2D eigenvalue weighted by Gasteiger charge is 2.30. The Kier molecular flexibility index (Phi) is 4.21. The van der Waals surface area contributed by atoms with Gasteiger partial charge in [-0.2, -0.15) is 0 Å². The minimum Gasteiger partial charge on any atom is -0.397 e. The summed E-state index contributed by atoms with van der Waals surface area (Å²) in [5.74, 6) is 0.924. The van der Waals surface area contributed by atoms with E-state index < -0.39 is 6.10 Å². The summed E-state index contributed by atoms with van der Waals surface area (Å²) in [5.41, 5.74) is 6.30. The Morgan fingerprint density at radius 3 is 2.67 bits per heavy atom. The number of carbonyl (C=O) groups is 1. The van der Waals surface area contributed by atoms with E-state index in [1.807, 2.05) is 17.0 Å². The largest absolute Gasteiger partial charge is 0.397 e. The second-order valence-corrected chi connectivity index (χ2v) is 5.20. The summed E-state index contributed by atoms with van der Waals surface area (Å²) in [4.78, 5) is 20.6. The number of rotatable bonds is 2. The van der Waals surface area contributed by atoms with Gasteiger partial charge in [0.25, 0.3) is 5.91 Å². The van der Waals surface area contributed by atoms with E-state index in [4.69, 9.17) is 15.2 Å². The Morgan fingerprint density at radius 1 is 1.24 bits per heavy atom. The lowest BCUT2D eigenvalue weighted by molar-refractivity contribution is -0.158. The fourth-order valence-corrected chi connectivity index (χ4v) is 2.57.